The Morgan fingerprint density at radius 3 is 2.17 bits per heavy atom. The van der Waals surface area contributed by atoms with Crippen molar-refractivity contribution in [3.8, 4) is 0 Å². The van der Waals surface area contributed by atoms with Gasteiger partial charge < -0.3 is 21.1 Å². The number of rotatable bonds is 5. The van der Waals surface area contributed by atoms with Gasteiger partial charge in [0, 0.05) is 0 Å². The van der Waals surface area contributed by atoms with Gasteiger partial charge in [0.05, 0.1) is 0 Å². The number of alkyl carbamates (subject to hydrolysis) is 1. The number of ketones is 1. The van der Waals surface area contributed by atoms with E-state index in [1.165, 1.54) is 0 Å². The van der Waals surface area contributed by atoms with E-state index in [-0.39, 0.29) is 18.4 Å². The summed E-state index contributed by atoms with van der Waals surface area (Å²) in [5, 5.41) is 4.85. The van der Waals surface area contributed by atoms with Crippen molar-refractivity contribution in [2.24, 2.45) is 17.6 Å². The molecule has 0 spiro atoms. The highest BCUT2D eigenvalue weighted by Crippen LogP contribution is 2.44. The molecule has 0 saturated heterocycles. The zero-order valence-corrected chi connectivity index (χ0v) is 14.2. The zero-order chi connectivity index (χ0) is 18.0. The molecule has 8 heteroatoms. The summed E-state index contributed by atoms with van der Waals surface area (Å²) in [5.74, 6) is -2.51. The van der Waals surface area contributed by atoms with E-state index in [2.05, 4.69) is 10.6 Å². The molecule has 3 amide bonds. The Labute approximate surface area is 135 Å². The first-order valence-electron chi connectivity index (χ1n) is 7.51. The lowest BCUT2D eigenvalue weighted by molar-refractivity contribution is -0.149. The van der Waals surface area contributed by atoms with Crippen LogP contribution in [0.2, 0.25) is 0 Å². The van der Waals surface area contributed by atoms with Crippen molar-refractivity contribution in [3.05, 3.63) is 0 Å². The topological polar surface area (TPSA) is 128 Å². The number of hydrogen-bond donors (Lipinski definition) is 3. The van der Waals surface area contributed by atoms with E-state index in [9.17, 15) is 19.2 Å². The molecular formula is C15H25N3O5. The summed E-state index contributed by atoms with van der Waals surface area (Å²) in [6.07, 6.45) is -0.397. The Bertz CT molecular complexity index is 526. The molecule has 0 aromatic carbocycles. The van der Waals surface area contributed by atoms with Crippen LogP contribution in [0.25, 0.3) is 0 Å². The lowest BCUT2D eigenvalue weighted by Crippen LogP contribution is -2.70. The number of Topliss-reactive ketones (excluding diaryl/α,β-unsaturated/α-hetero) is 1. The van der Waals surface area contributed by atoms with Gasteiger partial charge in [-0.25, -0.2) is 4.79 Å². The summed E-state index contributed by atoms with van der Waals surface area (Å²) in [6.45, 7) is 8.43. The third-order valence-corrected chi connectivity index (χ3v) is 4.06. The molecule has 4 N–H and O–H groups in total. The van der Waals surface area contributed by atoms with E-state index in [0.29, 0.717) is 6.42 Å². The number of ether oxygens (including phenoxy) is 1. The fraction of sp³-hybridized carbons (Fsp3) is 0.733. The SMILES string of the molecule is CC1[C@@H](C)C[C@@]1(NC(=O)CNC(=O)OC(C)(C)C)C(=O)C(N)=O. The van der Waals surface area contributed by atoms with Gasteiger partial charge in [0.15, 0.2) is 0 Å². The van der Waals surface area contributed by atoms with E-state index in [4.69, 9.17) is 10.5 Å². The van der Waals surface area contributed by atoms with Gasteiger partial charge in [-0.3, -0.25) is 14.4 Å². The van der Waals surface area contributed by atoms with E-state index in [1.54, 1.807) is 27.7 Å². The van der Waals surface area contributed by atoms with Crippen LogP contribution in [-0.4, -0.2) is 41.4 Å². The van der Waals surface area contributed by atoms with Crippen LogP contribution >= 0.6 is 0 Å². The molecule has 1 fully saturated rings. The maximum atomic E-state index is 12.1. The minimum absolute atomic E-state index is 0.178. The van der Waals surface area contributed by atoms with Crippen LogP contribution in [-0.2, 0) is 19.1 Å². The molecule has 1 saturated carbocycles. The number of nitrogens with two attached hydrogens (primary N) is 1. The lowest BCUT2D eigenvalue weighted by atomic mass is 9.58. The van der Waals surface area contributed by atoms with Crippen LogP contribution in [0.3, 0.4) is 0 Å². The Morgan fingerprint density at radius 2 is 1.78 bits per heavy atom. The fourth-order valence-electron chi connectivity index (χ4n) is 2.70. The van der Waals surface area contributed by atoms with Crippen LogP contribution in [0, 0.1) is 11.8 Å². The fourth-order valence-corrected chi connectivity index (χ4v) is 2.70. The van der Waals surface area contributed by atoms with Crippen LogP contribution in [0.15, 0.2) is 0 Å². The average molecular weight is 327 g/mol. The second-order valence-corrected chi connectivity index (χ2v) is 7.04. The van der Waals surface area contributed by atoms with Crippen molar-refractivity contribution in [2.75, 3.05) is 6.54 Å². The molecule has 0 aromatic rings. The molecule has 130 valence electrons. The summed E-state index contributed by atoms with van der Waals surface area (Å²) in [5.41, 5.74) is 3.12. The van der Waals surface area contributed by atoms with Gasteiger partial charge in [0.25, 0.3) is 5.91 Å². The van der Waals surface area contributed by atoms with Gasteiger partial charge in [0.2, 0.25) is 11.7 Å². The molecule has 1 aliphatic carbocycles. The molecule has 23 heavy (non-hydrogen) atoms. The van der Waals surface area contributed by atoms with E-state index in [1.807, 2.05) is 6.92 Å². The first-order chi connectivity index (χ1) is 10.4. The van der Waals surface area contributed by atoms with Crippen molar-refractivity contribution >= 4 is 23.7 Å². The third-order valence-electron chi connectivity index (χ3n) is 4.06. The molecule has 0 radical (unpaired) electrons. The highest BCUT2D eigenvalue weighted by atomic mass is 16.6. The summed E-state index contributed by atoms with van der Waals surface area (Å²) in [4.78, 5) is 46.8. The summed E-state index contributed by atoms with van der Waals surface area (Å²) < 4.78 is 5.01. The molecule has 8 nitrogen and oxygen atoms in total. The van der Waals surface area contributed by atoms with Crippen molar-refractivity contribution in [2.45, 2.75) is 52.2 Å². The van der Waals surface area contributed by atoms with Crippen LogP contribution in [0.1, 0.15) is 41.0 Å². The predicted octanol–water partition coefficient (Wildman–Crippen LogP) is 0.0964. The van der Waals surface area contributed by atoms with Crippen molar-refractivity contribution < 1.29 is 23.9 Å². The lowest BCUT2D eigenvalue weighted by Gasteiger charge is -2.51. The monoisotopic (exact) mass is 327 g/mol. The third kappa shape index (κ3) is 4.43. The van der Waals surface area contributed by atoms with E-state index >= 15 is 0 Å². The quantitative estimate of drug-likeness (QED) is 0.617. The van der Waals surface area contributed by atoms with Gasteiger partial charge >= 0.3 is 6.09 Å². The van der Waals surface area contributed by atoms with Gasteiger partial charge in [-0.1, -0.05) is 13.8 Å². The zero-order valence-electron chi connectivity index (χ0n) is 14.2. The Kier molecular flexibility index (Phi) is 5.39. The number of primary amides is 1. The molecule has 3 atom stereocenters. The highest BCUT2D eigenvalue weighted by Gasteiger charge is 2.56. The maximum Gasteiger partial charge on any atom is 0.408 e. The average Bonchev–Trinajstić information content (AvgIpc) is 2.41. The number of amides is 3. The number of nitrogens with one attached hydrogen (secondary N) is 2. The normalized spacial score (nSPS) is 26.7. The number of hydrogen-bond acceptors (Lipinski definition) is 5. The van der Waals surface area contributed by atoms with E-state index < -0.39 is 34.8 Å². The highest BCUT2D eigenvalue weighted by molar-refractivity contribution is 6.39. The van der Waals surface area contributed by atoms with Gasteiger partial charge in [-0.15, -0.1) is 0 Å². The number of carbonyl (C=O) groups is 4. The van der Waals surface area contributed by atoms with Crippen LogP contribution in [0.4, 0.5) is 4.79 Å². The second kappa shape index (κ2) is 6.55. The molecule has 0 aliphatic heterocycles. The molecule has 1 rings (SSSR count). The van der Waals surface area contributed by atoms with Crippen LogP contribution in [0.5, 0.6) is 0 Å². The summed E-state index contributed by atoms with van der Waals surface area (Å²) in [7, 11) is 0. The van der Waals surface area contributed by atoms with Crippen molar-refractivity contribution in [1.82, 2.24) is 10.6 Å². The molecule has 1 aliphatic rings. The van der Waals surface area contributed by atoms with Crippen molar-refractivity contribution in [3.63, 3.8) is 0 Å². The molecule has 0 aromatic heterocycles. The Morgan fingerprint density at radius 1 is 1.22 bits per heavy atom. The molecular weight excluding hydrogens is 302 g/mol. The van der Waals surface area contributed by atoms with Crippen molar-refractivity contribution in [1.29, 1.82) is 0 Å². The molecule has 0 heterocycles. The second-order valence-electron chi connectivity index (χ2n) is 7.04. The molecule has 1 unspecified atom stereocenters. The smallest absolute Gasteiger partial charge is 0.408 e. The first kappa shape index (κ1) is 18.9. The van der Waals surface area contributed by atoms with E-state index in [0.717, 1.165) is 0 Å². The van der Waals surface area contributed by atoms with Gasteiger partial charge in [0.1, 0.15) is 17.7 Å². The largest absolute Gasteiger partial charge is 0.444 e. The Balaban J connectivity index is 2.65. The minimum atomic E-state index is -1.28. The molecule has 0 bridgehead atoms. The standard InChI is InChI=1S/C15H25N3O5/c1-8-6-15(9(8)2,11(20)12(16)21)18-10(19)7-17-13(22)23-14(3,4)5/h8-9H,6-7H2,1-5H3,(H2,16,21)(H,17,22)(H,18,19)/t8-,9?,15-/m0/s1. The number of carbonyl (C=O) groups excluding carboxylic acids is 4. The first-order valence-corrected chi connectivity index (χ1v) is 7.51. The summed E-state index contributed by atoms with van der Waals surface area (Å²) in [6, 6.07) is 0. The minimum Gasteiger partial charge on any atom is -0.444 e. The Hall–Kier alpha value is -2.12. The predicted molar refractivity (Wildman–Crippen MR) is 82.3 cm³/mol. The summed E-state index contributed by atoms with van der Waals surface area (Å²) >= 11 is 0. The maximum absolute atomic E-state index is 12.1. The van der Waals surface area contributed by atoms with Gasteiger partial charge in [-0.05, 0) is 39.0 Å². The van der Waals surface area contributed by atoms with Gasteiger partial charge in [-0.2, -0.15) is 0 Å². The van der Waals surface area contributed by atoms with Crippen LogP contribution < -0.4 is 16.4 Å².